The Morgan fingerprint density at radius 2 is 0.965 bits per heavy atom. The van der Waals surface area contributed by atoms with Crippen LogP contribution in [0.25, 0.3) is 120 Å². The highest BCUT2D eigenvalue weighted by Crippen LogP contribution is 2.45. The molecule has 6 heteroatoms. The first-order valence-electron chi connectivity index (χ1n) is 18.9. The zero-order valence-electron chi connectivity index (χ0n) is 30.3. The van der Waals surface area contributed by atoms with E-state index in [2.05, 4.69) is 91.0 Å². The second-order valence-electron chi connectivity index (χ2n) is 14.3. The molecule has 0 saturated carbocycles. The third-order valence-electron chi connectivity index (χ3n) is 10.9. The molecule has 0 unspecified atom stereocenters. The lowest BCUT2D eigenvalue weighted by Gasteiger charge is -2.10. The molecule has 0 aliphatic heterocycles. The molecule has 0 bridgehead atoms. The van der Waals surface area contributed by atoms with Crippen molar-refractivity contribution < 1.29 is 8.83 Å². The number of hydrogen-bond donors (Lipinski definition) is 0. The largest absolute Gasteiger partial charge is 0.456 e. The summed E-state index contributed by atoms with van der Waals surface area (Å²) in [6, 6.07) is 60.9. The lowest BCUT2D eigenvalue weighted by Crippen LogP contribution is -2.00. The van der Waals surface area contributed by atoms with Gasteiger partial charge in [0.25, 0.3) is 0 Å². The van der Waals surface area contributed by atoms with E-state index in [1.807, 2.05) is 84.9 Å². The molecular formula is C51H29N3O2S. The van der Waals surface area contributed by atoms with E-state index >= 15 is 0 Å². The standard InChI is InChI=1S/C51H29N3O2S/c1-3-13-30(14-4-1)49-52-50(31-15-5-2-6-16-31)54-51(53-49)39-22-12-21-37-41-27-32(25-26-45(41)57-48(37)39)40-28-33(29-44-46(40)38-18-8-10-24-43(38)55-44)34-19-11-20-36-35-17-7-9-23-42(35)56-47(34)36/h1-29H. The van der Waals surface area contributed by atoms with Crippen molar-refractivity contribution in [1.82, 2.24) is 15.0 Å². The minimum absolute atomic E-state index is 0.648. The molecule has 5 nitrogen and oxygen atoms in total. The van der Waals surface area contributed by atoms with E-state index in [0.717, 1.165) is 92.9 Å². The van der Waals surface area contributed by atoms with Gasteiger partial charge in [0.2, 0.25) is 0 Å². The van der Waals surface area contributed by atoms with Crippen molar-refractivity contribution in [3.63, 3.8) is 0 Å². The number of aromatic nitrogens is 3. The van der Waals surface area contributed by atoms with Gasteiger partial charge in [-0.25, -0.2) is 15.0 Å². The van der Waals surface area contributed by atoms with Gasteiger partial charge in [-0.05, 0) is 59.2 Å². The maximum absolute atomic E-state index is 6.59. The quantitative estimate of drug-likeness (QED) is 0.175. The first-order chi connectivity index (χ1) is 28.2. The van der Waals surface area contributed by atoms with Crippen LogP contribution in [0.2, 0.25) is 0 Å². The molecule has 0 fully saturated rings. The SMILES string of the molecule is c1ccc(-c2nc(-c3ccccc3)nc(-c3cccc4c3sc3ccc(-c5cc(-c6cccc7c6oc6ccccc67)cc6oc7ccccc7c56)cc34)n2)cc1. The minimum atomic E-state index is 0.648. The normalized spacial score (nSPS) is 11.9. The Labute approximate surface area is 330 Å². The number of fused-ring (bicyclic) bond motifs is 9. The van der Waals surface area contributed by atoms with Crippen LogP contribution in [0.1, 0.15) is 0 Å². The summed E-state index contributed by atoms with van der Waals surface area (Å²) in [6.07, 6.45) is 0. The molecule has 0 spiro atoms. The molecule has 0 amide bonds. The summed E-state index contributed by atoms with van der Waals surface area (Å²) in [5.74, 6) is 1.95. The van der Waals surface area contributed by atoms with Gasteiger partial charge in [0.1, 0.15) is 22.3 Å². The van der Waals surface area contributed by atoms with Crippen LogP contribution in [0.4, 0.5) is 0 Å². The van der Waals surface area contributed by atoms with Gasteiger partial charge in [-0.1, -0.05) is 133 Å². The molecule has 0 aliphatic carbocycles. The van der Waals surface area contributed by atoms with Crippen LogP contribution in [-0.2, 0) is 0 Å². The van der Waals surface area contributed by atoms with Crippen LogP contribution in [0.15, 0.2) is 185 Å². The van der Waals surface area contributed by atoms with Gasteiger partial charge >= 0.3 is 0 Å². The number of benzene rings is 8. The van der Waals surface area contributed by atoms with Gasteiger partial charge in [0, 0.05) is 64.0 Å². The summed E-state index contributed by atoms with van der Waals surface area (Å²) in [6.45, 7) is 0. The number of nitrogens with zero attached hydrogens (tertiary/aromatic N) is 3. The number of furan rings is 2. The maximum atomic E-state index is 6.59. The summed E-state index contributed by atoms with van der Waals surface area (Å²) in [5.41, 5.74) is 10.6. The predicted molar refractivity (Wildman–Crippen MR) is 234 cm³/mol. The van der Waals surface area contributed by atoms with E-state index in [-0.39, 0.29) is 0 Å². The fourth-order valence-corrected chi connectivity index (χ4v) is 9.48. The molecule has 57 heavy (non-hydrogen) atoms. The Kier molecular flexibility index (Phi) is 7.03. The predicted octanol–water partition coefficient (Wildman–Crippen LogP) is 14.4. The Morgan fingerprint density at radius 1 is 0.351 bits per heavy atom. The maximum Gasteiger partial charge on any atom is 0.165 e. The molecule has 8 aromatic carbocycles. The van der Waals surface area contributed by atoms with Crippen molar-refractivity contribution >= 4 is 75.4 Å². The van der Waals surface area contributed by atoms with Crippen LogP contribution in [0.5, 0.6) is 0 Å². The number of thiophene rings is 1. The molecule has 12 rings (SSSR count). The van der Waals surface area contributed by atoms with Crippen molar-refractivity contribution in [2.24, 2.45) is 0 Å². The van der Waals surface area contributed by atoms with Gasteiger partial charge in [-0.2, -0.15) is 0 Å². The van der Waals surface area contributed by atoms with Crippen LogP contribution >= 0.6 is 11.3 Å². The van der Waals surface area contributed by atoms with E-state index in [4.69, 9.17) is 23.8 Å². The molecule has 0 N–H and O–H groups in total. The monoisotopic (exact) mass is 747 g/mol. The molecule has 4 heterocycles. The van der Waals surface area contributed by atoms with Crippen molar-refractivity contribution in [2.75, 3.05) is 0 Å². The summed E-state index contributed by atoms with van der Waals surface area (Å²) in [5, 5.41) is 6.73. The second kappa shape index (κ2) is 12.6. The van der Waals surface area contributed by atoms with E-state index < -0.39 is 0 Å². The third-order valence-corrected chi connectivity index (χ3v) is 12.2. The molecule has 266 valence electrons. The van der Waals surface area contributed by atoms with Gasteiger partial charge in [0.05, 0.1) is 0 Å². The topological polar surface area (TPSA) is 65.0 Å². The van der Waals surface area contributed by atoms with Crippen molar-refractivity contribution in [1.29, 1.82) is 0 Å². The van der Waals surface area contributed by atoms with E-state index in [0.29, 0.717) is 17.5 Å². The number of hydrogen-bond acceptors (Lipinski definition) is 6. The first-order valence-corrected chi connectivity index (χ1v) is 19.7. The molecule has 0 aliphatic rings. The van der Waals surface area contributed by atoms with Gasteiger partial charge in [-0.3, -0.25) is 0 Å². The average molecular weight is 748 g/mol. The second-order valence-corrected chi connectivity index (χ2v) is 15.4. The van der Waals surface area contributed by atoms with Gasteiger partial charge < -0.3 is 8.83 Å². The summed E-state index contributed by atoms with van der Waals surface area (Å²) in [4.78, 5) is 15.1. The smallest absolute Gasteiger partial charge is 0.165 e. The molecule has 4 aromatic heterocycles. The lowest BCUT2D eigenvalue weighted by molar-refractivity contribution is 0.668. The number of para-hydroxylation sites is 3. The van der Waals surface area contributed by atoms with Crippen LogP contribution in [-0.4, -0.2) is 15.0 Å². The summed E-state index contributed by atoms with van der Waals surface area (Å²) >= 11 is 1.77. The lowest BCUT2D eigenvalue weighted by atomic mass is 9.93. The van der Waals surface area contributed by atoms with Crippen molar-refractivity contribution in [3.8, 4) is 56.4 Å². The zero-order chi connectivity index (χ0) is 37.5. The third kappa shape index (κ3) is 5.12. The summed E-state index contributed by atoms with van der Waals surface area (Å²) < 4.78 is 15.4. The molecule has 0 atom stereocenters. The molecular weight excluding hydrogens is 719 g/mol. The van der Waals surface area contributed by atoms with Crippen LogP contribution in [0.3, 0.4) is 0 Å². The Hall–Kier alpha value is -7.41. The van der Waals surface area contributed by atoms with E-state index in [1.54, 1.807) is 11.3 Å². The van der Waals surface area contributed by atoms with E-state index in [1.165, 1.54) is 10.1 Å². The van der Waals surface area contributed by atoms with Gasteiger partial charge in [0.15, 0.2) is 17.5 Å². The van der Waals surface area contributed by atoms with Crippen LogP contribution < -0.4 is 0 Å². The Bertz CT molecular complexity index is 3470. The van der Waals surface area contributed by atoms with Gasteiger partial charge in [-0.15, -0.1) is 11.3 Å². The summed E-state index contributed by atoms with van der Waals surface area (Å²) in [7, 11) is 0. The van der Waals surface area contributed by atoms with Crippen molar-refractivity contribution in [3.05, 3.63) is 176 Å². The molecule has 12 aromatic rings. The van der Waals surface area contributed by atoms with E-state index in [9.17, 15) is 0 Å². The highest BCUT2D eigenvalue weighted by atomic mass is 32.1. The zero-order valence-corrected chi connectivity index (χ0v) is 31.1. The first kappa shape index (κ1) is 31.9. The number of rotatable bonds is 5. The Morgan fingerprint density at radius 3 is 1.72 bits per heavy atom. The Balaban J connectivity index is 1.06. The van der Waals surface area contributed by atoms with Crippen LogP contribution in [0, 0.1) is 0 Å². The van der Waals surface area contributed by atoms with Crippen molar-refractivity contribution in [2.45, 2.75) is 0 Å². The highest BCUT2D eigenvalue weighted by Gasteiger charge is 2.21. The minimum Gasteiger partial charge on any atom is -0.456 e. The fourth-order valence-electron chi connectivity index (χ4n) is 8.28. The average Bonchev–Trinajstić information content (AvgIpc) is 3.97. The molecule has 0 radical (unpaired) electrons. The fraction of sp³-hybridized carbons (Fsp3) is 0. The highest BCUT2D eigenvalue weighted by molar-refractivity contribution is 7.26. The molecule has 0 saturated heterocycles.